The Kier molecular flexibility index (Phi) is 4.22. The van der Waals surface area contributed by atoms with Crippen LogP contribution in [-0.4, -0.2) is 22.3 Å². The lowest BCUT2D eigenvalue weighted by Crippen LogP contribution is -2.09. The molecule has 0 unspecified atom stereocenters. The van der Waals surface area contributed by atoms with Crippen LogP contribution in [0.2, 0.25) is 0 Å². The van der Waals surface area contributed by atoms with Gasteiger partial charge in [0.05, 0.1) is 0 Å². The van der Waals surface area contributed by atoms with Gasteiger partial charge < -0.3 is 14.9 Å². The summed E-state index contributed by atoms with van der Waals surface area (Å²) in [4.78, 5) is 22.1. The molecule has 0 aliphatic heterocycles. The lowest BCUT2D eigenvalue weighted by Gasteiger charge is -2.05. The molecule has 2 rings (SSSR count). The van der Waals surface area contributed by atoms with Crippen LogP contribution in [0.5, 0.6) is 0 Å². The maximum atomic E-state index is 11.3. The number of anilines is 2. The van der Waals surface area contributed by atoms with Crippen molar-refractivity contribution in [3.63, 3.8) is 0 Å². The number of aryl methyl sites for hydroxylation is 1. The minimum atomic E-state index is -1.19. The maximum absolute atomic E-state index is 11.3. The minimum absolute atomic E-state index is 0.0773. The summed E-state index contributed by atoms with van der Waals surface area (Å²) in [6.07, 6.45) is -0.787. The number of nitrogens with one attached hydrogen (secondary N) is 2. The summed E-state index contributed by atoms with van der Waals surface area (Å²) < 4.78 is 5.16. The summed E-state index contributed by atoms with van der Waals surface area (Å²) in [7, 11) is 0. The van der Waals surface area contributed by atoms with Crippen molar-refractivity contribution in [1.29, 1.82) is 0 Å². The van der Waals surface area contributed by atoms with Gasteiger partial charge in [0.2, 0.25) is 5.91 Å². The van der Waals surface area contributed by atoms with E-state index >= 15 is 0 Å². The van der Waals surface area contributed by atoms with E-state index in [0.717, 1.165) is 0 Å². The monoisotopic (exact) mass is 289 g/mol. The molecular formula is C14H15N3O4. The highest BCUT2D eigenvalue weighted by atomic mass is 16.5. The van der Waals surface area contributed by atoms with Crippen molar-refractivity contribution >= 4 is 23.4 Å². The van der Waals surface area contributed by atoms with Gasteiger partial charge in [-0.15, -0.1) is 0 Å². The standard InChI is InChI=1S/C14H15N3O4/c1-3-11(18)15-10-6-4-9(5-7-10)13-12(16-14(19)20)8(2)17-21-13/h4-7,16H,3H2,1-2H3,(H,15,18)(H,19,20). The van der Waals surface area contributed by atoms with Crippen LogP contribution >= 0.6 is 0 Å². The van der Waals surface area contributed by atoms with Crippen molar-refractivity contribution in [3.05, 3.63) is 30.0 Å². The number of nitrogens with zero attached hydrogens (tertiary/aromatic N) is 1. The Morgan fingerprint density at radius 1 is 1.24 bits per heavy atom. The first kappa shape index (κ1) is 14.6. The first-order valence-corrected chi connectivity index (χ1v) is 6.37. The molecule has 0 aliphatic rings. The molecule has 7 heteroatoms. The molecule has 1 heterocycles. The first-order chi connectivity index (χ1) is 10.0. The Labute approximate surface area is 120 Å². The SMILES string of the molecule is CCC(=O)Nc1ccc(-c2onc(C)c2NC(=O)O)cc1. The van der Waals surface area contributed by atoms with Crippen LogP contribution in [0.25, 0.3) is 11.3 Å². The number of aromatic nitrogens is 1. The minimum Gasteiger partial charge on any atom is -0.465 e. The summed E-state index contributed by atoms with van der Waals surface area (Å²) in [6.45, 7) is 3.42. The highest BCUT2D eigenvalue weighted by Crippen LogP contribution is 2.31. The third-order valence-electron chi connectivity index (χ3n) is 2.85. The molecule has 0 radical (unpaired) electrons. The van der Waals surface area contributed by atoms with E-state index in [2.05, 4.69) is 15.8 Å². The van der Waals surface area contributed by atoms with E-state index in [9.17, 15) is 9.59 Å². The molecule has 110 valence electrons. The van der Waals surface area contributed by atoms with Gasteiger partial charge in [0, 0.05) is 17.7 Å². The summed E-state index contributed by atoms with van der Waals surface area (Å²) in [5.41, 5.74) is 2.09. The number of carbonyl (C=O) groups excluding carboxylic acids is 1. The predicted molar refractivity (Wildman–Crippen MR) is 77.2 cm³/mol. The van der Waals surface area contributed by atoms with E-state index < -0.39 is 6.09 Å². The Hall–Kier alpha value is -2.83. The molecule has 0 aliphatic carbocycles. The van der Waals surface area contributed by atoms with Crippen molar-refractivity contribution in [2.45, 2.75) is 20.3 Å². The zero-order valence-corrected chi connectivity index (χ0v) is 11.6. The fraction of sp³-hybridized carbons (Fsp3) is 0.214. The lowest BCUT2D eigenvalue weighted by atomic mass is 10.1. The Bertz CT molecular complexity index is 661. The van der Waals surface area contributed by atoms with Crippen molar-refractivity contribution < 1.29 is 19.2 Å². The first-order valence-electron chi connectivity index (χ1n) is 6.37. The quantitative estimate of drug-likeness (QED) is 0.802. The number of hydrogen-bond acceptors (Lipinski definition) is 4. The Balaban J connectivity index is 2.27. The summed E-state index contributed by atoms with van der Waals surface area (Å²) in [5, 5.41) is 17.6. The molecule has 2 aromatic rings. The van der Waals surface area contributed by atoms with Crippen molar-refractivity contribution in [2.24, 2.45) is 0 Å². The van der Waals surface area contributed by atoms with Gasteiger partial charge in [-0.3, -0.25) is 10.1 Å². The van der Waals surface area contributed by atoms with Crippen molar-refractivity contribution in [2.75, 3.05) is 10.6 Å². The van der Waals surface area contributed by atoms with Crippen LogP contribution in [-0.2, 0) is 4.79 Å². The lowest BCUT2D eigenvalue weighted by molar-refractivity contribution is -0.115. The summed E-state index contributed by atoms with van der Waals surface area (Å²) in [6, 6.07) is 6.87. The second kappa shape index (κ2) is 6.08. The molecule has 0 bridgehead atoms. The fourth-order valence-corrected chi connectivity index (χ4v) is 1.78. The number of rotatable bonds is 4. The van der Waals surface area contributed by atoms with Crippen LogP contribution in [0.1, 0.15) is 19.0 Å². The molecule has 1 aromatic carbocycles. The average Bonchev–Trinajstić information content (AvgIpc) is 2.80. The number of benzene rings is 1. The molecule has 0 saturated carbocycles. The van der Waals surface area contributed by atoms with Crippen molar-refractivity contribution in [1.82, 2.24) is 5.16 Å². The van der Waals surface area contributed by atoms with Crippen LogP contribution in [0.4, 0.5) is 16.2 Å². The Morgan fingerprint density at radius 3 is 2.48 bits per heavy atom. The smallest absolute Gasteiger partial charge is 0.409 e. The van der Waals surface area contributed by atoms with Crippen LogP contribution < -0.4 is 10.6 Å². The van der Waals surface area contributed by atoms with E-state index in [4.69, 9.17) is 9.63 Å². The highest BCUT2D eigenvalue weighted by Gasteiger charge is 2.16. The van der Waals surface area contributed by atoms with E-state index in [-0.39, 0.29) is 5.91 Å². The van der Waals surface area contributed by atoms with Gasteiger partial charge in [-0.2, -0.15) is 0 Å². The van der Waals surface area contributed by atoms with Gasteiger partial charge in [0.1, 0.15) is 11.4 Å². The van der Waals surface area contributed by atoms with Gasteiger partial charge in [0.25, 0.3) is 0 Å². The van der Waals surface area contributed by atoms with Crippen LogP contribution in [0.15, 0.2) is 28.8 Å². The number of amides is 2. The molecule has 21 heavy (non-hydrogen) atoms. The van der Waals surface area contributed by atoms with Gasteiger partial charge in [-0.05, 0) is 31.2 Å². The molecular weight excluding hydrogens is 274 g/mol. The van der Waals surface area contributed by atoms with Crippen LogP contribution in [0, 0.1) is 6.92 Å². The Morgan fingerprint density at radius 2 is 1.90 bits per heavy atom. The third-order valence-corrected chi connectivity index (χ3v) is 2.85. The second-order valence-electron chi connectivity index (χ2n) is 4.38. The summed E-state index contributed by atoms with van der Waals surface area (Å²) >= 11 is 0. The molecule has 0 atom stereocenters. The third kappa shape index (κ3) is 3.38. The molecule has 3 N–H and O–H groups in total. The largest absolute Gasteiger partial charge is 0.465 e. The van der Waals surface area contributed by atoms with E-state index in [0.29, 0.717) is 34.8 Å². The number of carbonyl (C=O) groups is 2. The molecule has 0 fully saturated rings. The number of carboxylic acid groups (broad SMARTS) is 1. The van der Waals surface area contributed by atoms with Gasteiger partial charge in [-0.1, -0.05) is 12.1 Å². The van der Waals surface area contributed by atoms with Crippen LogP contribution in [0.3, 0.4) is 0 Å². The van der Waals surface area contributed by atoms with E-state index in [1.807, 2.05) is 0 Å². The zero-order chi connectivity index (χ0) is 15.4. The van der Waals surface area contributed by atoms with Gasteiger partial charge in [0.15, 0.2) is 5.76 Å². The summed E-state index contributed by atoms with van der Waals surface area (Å²) in [5.74, 6) is 0.259. The maximum Gasteiger partial charge on any atom is 0.409 e. The molecule has 2 amide bonds. The number of hydrogen-bond donors (Lipinski definition) is 3. The van der Waals surface area contributed by atoms with E-state index in [1.54, 1.807) is 38.1 Å². The van der Waals surface area contributed by atoms with Gasteiger partial charge in [-0.25, -0.2) is 4.79 Å². The molecule has 1 aromatic heterocycles. The molecule has 7 nitrogen and oxygen atoms in total. The zero-order valence-electron chi connectivity index (χ0n) is 11.6. The van der Waals surface area contributed by atoms with Crippen molar-refractivity contribution in [3.8, 4) is 11.3 Å². The van der Waals surface area contributed by atoms with E-state index in [1.165, 1.54) is 0 Å². The normalized spacial score (nSPS) is 10.2. The topological polar surface area (TPSA) is 104 Å². The molecule has 0 spiro atoms. The predicted octanol–water partition coefficient (Wildman–Crippen LogP) is 3.09. The molecule has 0 saturated heterocycles. The highest BCUT2D eigenvalue weighted by molar-refractivity contribution is 5.92. The second-order valence-corrected chi connectivity index (χ2v) is 4.38. The fourth-order valence-electron chi connectivity index (χ4n) is 1.78. The van der Waals surface area contributed by atoms with Gasteiger partial charge >= 0.3 is 6.09 Å². The average molecular weight is 289 g/mol.